The van der Waals surface area contributed by atoms with E-state index in [-0.39, 0.29) is 0 Å². The molecule has 0 radical (unpaired) electrons. The zero-order valence-electron chi connectivity index (χ0n) is 7.74. The molecule has 74 valence electrons. The number of hydrogen-bond acceptors (Lipinski definition) is 3. The number of fused-ring (bicyclic) bond motifs is 1. The minimum absolute atomic E-state index is 0.542. The third kappa shape index (κ3) is 1.32. The first kappa shape index (κ1) is 8.36. The molecule has 3 nitrogen and oxygen atoms in total. The van der Waals surface area contributed by atoms with Crippen LogP contribution in [0.1, 0.15) is 12.8 Å². The maximum absolute atomic E-state index is 5.87. The van der Waals surface area contributed by atoms with Crippen molar-refractivity contribution >= 4 is 17.3 Å². The second kappa shape index (κ2) is 3.02. The highest BCUT2D eigenvalue weighted by molar-refractivity contribution is 6.29. The molecule has 0 saturated heterocycles. The van der Waals surface area contributed by atoms with Crippen LogP contribution in [0.5, 0.6) is 5.75 Å². The average molecular weight is 211 g/mol. The van der Waals surface area contributed by atoms with Gasteiger partial charge in [-0.25, -0.2) is 4.98 Å². The van der Waals surface area contributed by atoms with E-state index in [0.717, 1.165) is 24.6 Å². The van der Waals surface area contributed by atoms with Crippen molar-refractivity contribution in [1.82, 2.24) is 4.98 Å². The van der Waals surface area contributed by atoms with Gasteiger partial charge in [0.25, 0.3) is 0 Å². The number of pyridine rings is 1. The Bertz CT molecular complexity index is 365. The predicted molar refractivity (Wildman–Crippen MR) is 55.1 cm³/mol. The van der Waals surface area contributed by atoms with Crippen LogP contribution < -0.4 is 9.64 Å². The Hall–Kier alpha value is -0.960. The first-order valence-corrected chi connectivity index (χ1v) is 5.27. The quantitative estimate of drug-likeness (QED) is 0.664. The van der Waals surface area contributed by atoms with Gasteiger partial charge in [-0.2, -0.15) is 0 Å². The molecule has 14 heavy (non-hydrogen) atoms. The Labute approximate surface area is 87.6 Å². The van der Waals surface area contributed by atoms with Crippen molar-refractivity contribution in [3.63, 3.8) is 0 Å². The number of aromatic nitrogens is 1. The fourth-order valence-corrected chi connectivity index (χ4v) is 2.04. The molecule has 3 rings (SSSR count). The summed E-state index contributed by atoms with van der Waals surface area (Å²) in [4.78, 5) is 6.40. The van der Waals surface area contributed by atoms with Gasteiger partial charge < -0.3 is 9.64 Å². The zero-order valence-corrected chi connectivity index (χ0v) is 8.50. The van der Waals surface area contributed by atoms with Gasteiger partial charge in [-0.1, -0.05) is 11.6 Å². The summed E-state index contributed by atoms with van der Waals surface area (Å²) >= 11 is 5.87. The molecule has 1 aromatic heterocycles. The van der Waals surface area contributed by atoms with Crippen molar-refractivity contribution < 1.29 is 4.74 Å². The van der Waals surface area contributed by atoms with E-state index in [1.807, 2.05) is 6.07 Å². The summed E-state index contributed by atoms with van der Waals surface area (Å²) in [6, 6.07) is 2.60. The van der Waals surface area contributed by atoms with E-state index < -0.39 is 0 Å². The molecule has 0 N–H and O–H groups in total. The van der Waals surface area contributed by atoms with E-state index in [2.05, 4.69) is 9.88 Å². The summed E-state index contributed by atoms with van der Waals surface area (Å²) in [5.74, 6) is 0.868. The number of hydrogen-bond donors (Lipinski definition) is 0. The molecule has 0 spiro atoms. The lowest BCUT2D eigenvalue weighted by molar-refractivity contribution is 0.305. The first-order valence-electron chi connectivity index (χ1n) is 4.89. The number of halogens is 1. The van der Waals surface area contributed by atoms with Crippen LogP contribution in [0.25, 0.3) is 0 Å². The van der Waals surface area contributed by atoms with Crippen LogP contribution in [-0.4, -0.2) is 24.2 Å². The van der Waals surface area contributed by atoms with Crippen LogP contribution in [-0.2, 0) is 0 Å². The van der Waals surface area contributed by atoms with Crippen molar-refractivity contribution in [3.8, 4) is 5.75 Å². The van der Waals surface area contributed by atoms with E-state index in [0.29, 0.717) is 11.2 Å². The number of anilines is 1. The average Bonchev–Trinajstić information content (AvgIpc) is 3.00. The summed E-state index contributed by atoms with van der Waals surface area (Å²) in [5.41, 5.74) is 1.11. The minimum Gasteiger partial charge on any atom is -0.488 e. The molecule has 1 saturated carbocycles. The van der Waals surface area contributed by atoms with Crippen LogP contribution in [0.4, 0.5) is 5.69 Å². The summed E-state index contributed by atoms with van der Waals surface area (Å²) in [6.07, 6.45) is 4.30. The molecule has 4 heteroatoms. The van der Waals surface area contributed by atoms with E-state index in [9.17, 15) is 0 Å². The molecule has 0 unspecified atom stereocenters. The summed E-state index contributed by atoms with van der Waals surface area (Å²) in [7, 11) is 0. The highest BCUT2D eigenvalue weighted by Crippen LogP contribution is 2.39. The number of nitrogens with zero attached hydrogens (tertiary/aromatic N) is 2. The molecule has 0 aromatic carbocycles. The normalized spacial score (nSPS) is 20.2. The zero-order chi connectivity index (χ0) is 9.54. The maximum atomic E-state index is 5.87. The lowest BCUT2D eigenvalue weighted by Gasteiger charge is -2.30. The summed E-state index contributed by atoms with van der Waals surface area (Å²) in [6.45, 7) is 1.73. The topological polar surface area (TPSA) is 25.4 Å². The second-order valence-corrected chi connectivity index (χ2v) is 4.14. The van der Waals surface area contributed by atoms with Gasteiger partial charge >= 0.3 is 0 Å². The lowest BCUT2D eigenvalue weighted by atomic mass is 10.3. The van der Waals surface area contributed by atoms with Crippen LogP contribution in [0.3, 0.4) is 0 Å². The first-order chi connectivity index (χ1) is 6.84. The van der Waals surface area contributed by atoms with Crippen LogP contribution in [0, 0.1) is 0 Å². The molecule has 1 fully saturated rings. The second-order valence-electron chi connectivity index (χ2n) is 3.75. The Morgan fingerprint density at radius 1 is 1.50 bits per heavy atom. The van der Waals surface area contributed by atoms with Crippen molar-refractivity contribution in [2.45, 2.75) is 18.9 Å². The highest BCUT2D eigenvalue weighted by Gasteiger charge is 2.32. The molecule has 1 aliphatic heterocycles. The Morgan fingerprint density at radius 2 is 2.36 bits per heavy atom. The molecule has 2 aliphatic rings. The number of rotatable bonds is 1. The van der Waals surface area contributed by atoms with Crippen molar-refractivity contribution in [2.24, 2.45) is 0 Å². The molecule has 2 heterocycles. The SMILES string of the molecule is Clc1cc2c(cn1)OCCN2C1CC1. The van der Waals surface area contributed by atoms with Crippen molar-refractivity contribution in [2.75, 3.05) is 18.1 Å². The maximum Gasteiger partial charge on any atom is 0.161 e. The molecular formula is C10H11ClN2O. The largest absolute Gasteiger partial charge is 0.488 e. The third-order valence-electron chi connectivity index (χ3n) is 2.70. The van der Waals surface area contributed by atoms with E-state index in [1.165, 1.54) is 12.8 Å². The van der Waals surface area contributed by atoms with Crippen molar-refractivity contribution in [3.05, 3.63) is 17.4 Å². The summed E-state index contributed by atoms with van der Waals surface area (Å²) < 4.78 is 5.52. The lowest BCUT2D eigenvalue weighted by Crippen LogP contribution is -2.34. The molecule has 1 aliphatic carbocycles. The van der Waals surface area contributed by atoms with Gasteiger partial charge in [-0.3, -0.25) is 0 Å². The third-order valence-corrected chi connectivity index (χ3v) is 2.91. The molecule has 1 aromatic rings. The minimum atomic E-state index is 0.542. The van der Waals surface area contributed by atoms with Gasteiger partial charge in [0, 0.05) is 12.1 Å². The monoisotopic (exact) mass is 210 g/mol. The smallest absolute Gasteiger partial charge is 0.161 e. The van der Waals surface area contributed by atoms with Gasteiger partial charge in [-0.05, 0) is 12.8 Å². The van der Waals surface area contributed by atoms with Crippen molar-refractivity contribution in [1.29, 1.82) is 0 Å². The molecule has 0 bridgehead atoms. The van der Waals surface area contributed by atoms with Gasteiger partial charge in [0.2, 0.25) is 0 Å². The molecule has 0 amide bonds. The fourth-order valence-electron chi connectivity index (χ4n) is 1.88. The highest BCUT2D eigenvalue weighted by atomic mass is 35.5. The van der Waals surface area contributed by atoms with Crippen LogP contribution in [0.2, 0.25) is 5.15 Å². The van der Waals surface area contributed by atoms with Gasteiger partial charge in [-0.15, -0.1) is 0 Å². The van der Waals surface area contributed by atoms with Gasteiger partial charge in [0.05, 0.1) is 18.4 Å². The fraction of sp³-hybridized carbons (Fsp3) is 0.500. The predicted octanol–water partition coefficient (Wildman–Crippen LogP) is 2.10. The summed E-state index contributed by atoms with van der Waals surface area (Å²) in [5, 5.41) is 0.542. The Morgan fingerprint density at radius 3 is 3.14 bits per heavy atom. The van der Waals surface area contributed by atoms with Crippen LogP contribution in [0.15, 0.2) is 12.3 Å². The number of ether oxygens (including phenoxy) is 1. The molecule has 0 atom stereocenters. The van der Waals surface area contributed by atoms with E-state index in [4.69, 9.17) is 16.3 Å². The van der Waals surface area contributed by atoms with Gasteiger partial charge in [0.1, 0.15) is 11.8 Å². The van der Waals surface area contributed by atoms with E-state index in [1.54, 1.807) is 6.20 Å². The van der Waals surface area contributed by atoms with Crippen LogP contribution >= 0.6 is 11.6 Å². The Kier molecular flexibility index (Phi) is 1.80. The van der Waals surface area contributed by atoms with E-state index >= 15 is 0 Å². The standard InChI is InChI=1S/C10H11ClN2O/c11-10-5-8-9(6-12-10)14-4-3-13(8)7-1-2-7/h5-7H,1-4H2. The Balaban J connectivity index is 2.02. The van der Waals surface area contributed by atoms with Gasteiger partial charge in [0.15, 0.2) is 5.75 Å². The molecular weight excluding hydrogens is 200 g/mol.